The SMILES string of the molecule is COC(=O)c1sc(C)cc1NC(=O)c1ccc(-n2ccnc2)nn1. The molecule has 0 aliphatic heterocycles. The first-order valence-electron chi connectivity index (χ1n) is 6.90. The minimum absolute atomic E-state index is 0.138. The number of esters is 1. The summed E-state index contributed by atoms with van der Waals surface area (Å²) >= 11 is 1.25. The molecule has 0 spiro atoms. The second-order valence-corrected chi connectivity index (χ2v) is 6.05. The predicted octanol–water partition coefficient (Wildman–Crippen LogP) is 2.07. The molecule has 1 amide bonds. The van der Waals surface area contributed by atoms with Gasteiger partial charge in [0.15, 0.2) is 11.5 Å². The van der Waals surface area contributed by atoms with Gasteiger partial charge in [0.2, 0.25) is 0 Å². The number of nitrogens with zero attached hydrogens (tertiary/aromatic N) is 4. The molecule has 0 atom stereocenters. The van der Waals surface area contributed by atoms with Crippen LogP contribution in [0.2, 0.25) is 0 Å². The standard InChI is InChI=1S/C15H13N5O3S/c1-9-7-11(13(24-9)15(22)23-2)17-14(21)10-3-4-12(19-18-10)20-6-5-16-8-20/h3-8H,1-2H3,(H,17,21). The average molecular weight is 343 g/mol. The summed E-state index contributed by atoms with van der Waals surface area (Å²) in [5.41, 5.74) is 0.536. The number of rotatable bonds is 4. The molecule has 0 saturated heterocycles. The number of ether oxygens (including phenoxy) is 1. The highest BCUT2D eigenvalue weighted by atomic mass is 32.1. The third kappa shape index (κ3) is 3.15. The number of carbonyl (C=O) groups excluding carboxylic acids is 2. The summed E-state index contributed by atoms with van der Waals surface area (Å²) in [6, 6.07) is 4.92. The Hall–Kier alpha value is -3.07. The van der Waals surface area contributed by atoms with Crippen LogP contribution in [0, 0.1) is 6.92 Å². The van der Waals surface area contributed by atoms with Gasteiger partial charge in [-0.1, -0.05) is 0 Å². The van der Waals surface area contributed by atoms with Gasteiger partial charge in [-0.05, 0) is 25.1 Å². The quantitative estimate of drug-likeness (QED) is 0.728. The number of carbonyl (C=O) groups is 2. The van der Waals surface area contributed by atoms with Crippen LogP contribution in [0.1, 0.15) is 25.0 Å². The summed E-state index contributed by atoms with van der Waals surface area (Å²) in [5.74, 6) is -0.404. The van der Waals surface area contributed by atoms with Crippen molar-refractivity contribution in [1.82, 2.24) is 19.7 Å². The van der Waals surface area contributed by atoms with E-state index in [2.05, 4.69) is 20.5 Å². The Morgan fingerprint density at radius 3 is 2.75 bits per heavy atom. The van der Waals surface area contributed by atoms with Gasteiger partial charge < -0.3 is 10.1 Å². The summed E-state index contributed by atoms with van der Waals surface area (Å²) in [6.45, 7) is 1.84. The molecule has 122 valence electrons. The molecule has 0 unspecified atom stereocenters. The highest BCUT2D eigenvalue weighted by Crippen LogP contribution is 2.27. The van der Waals surface area contributed by atoms with Crippen molar-refractivity contribution in [3.05, 3.63) is 52.4 Å². The van der Waals surface area contributed by atoms with Crippen LogP contribution in [-0.2, 0) is 4.74 Å². The van der Waals surface area contributed by atoms with Crippen molar-refractivity contribution in [2.45, 2.75) is 6.92 Å². The average Bonchev–Trinajstić information content (AvgIpc) is 3.24. The smallest absolute Gasteiger partial charge is 0.350 e. The summed E-state index contributed by atoms with van der Waals surface area (Å²) in [6.07, 6.45) is 4.93. The first-order chi connectivity index (χ1) is 11.6. The maximum Gasteiger partial charge on any atom is 0.350 e. The maximum atomic E-state index is 12.3. The number of aryl methyl sites for hydroxylation is 1. The van der Waals surface area contributed by atoms with Crippen LogP contribution in [0.3, 0.4) is 0 Å². The third-order valence-corrected chi connectivity index (χ3v) is 4.16. The number of anilines is 1. The molecule has 3 aromatic rings. The highest BCUT2D eigenvalue weighted by Gasteiger charge is 2.19. The monoisotopic (exact) mass is 343 g/mol. The van der Waals surface area contributed by atoms with Gasteiger partial charge in [0, 0.05) is 17.3 Å². The molecule has 1 N–H and O–H groups in total. The number of amides is 1. The number of hydrogen-bond acceptors (Lipinski definition) is 7. The molecule has 9 heteroatoms. The lowest BCUT2D eigenvalue weighted by Crippen LogP contribution is -2.16. The van der Waals surface area contributed by atoms with Crippen molar-refractivity contribution in [1.29, 1.82) is 0 Å². The number of aromatic nitrogens is 4. The van der Waals surface area contributed by atoms with E-state index in [9.17, 15) is 9.59 Å². The van der Waals surface area contributed by atoms with Crippen molar-refractivity contribution >= 4 is 28.9 Å². The van der Waals surface area contributed by atoms with E-state index in [0.29, 0.717) is 16.4 Å². The van der Waals surface area contributed by atoms with Gasteiger partial charge >= 0.3 is 5.97 Å². The first-order valence-corrected chi connectivity index (χ1v) is 7.72. The lowest BCUT2D eigenvalue weighted by molar-refractivity contribution is 0.0607. The molecule has 0 aromatic carbocycles. The van der Waals surface area contributed by atoms with Crippen LogP contribution < -0.4 is 5.32 Å². The third-order valence-electron chi connectivity index (χ3n) is 3.13. The first kappa shape index (κ1) is 15.8. The van der Waals surface area contributed by atoms with E-state index in [-0.39, 0.29) is 5.69 Å². The van der Waals surface area contributed by atoms with Gasteiger partial charge in [0.25, 0.3) is 5.91 Å². The zero-order chi connectivity index (χ0) is 17.1. The maximum absolute atomic E-state index is 12.3. The van der Waals surface area contributed by atoms with Crippen LogP contribution in [0.4, 0.5) is 5.69 Å². The van der Waals surface area contributed by atoms with Crippen LogP contribution in [0.5, 0.6) is 0 Å². The van der Waals surface area contributed by atoms with Crippen molar-refractivity contribution in [2.75, 3.05) is 12.4 Å². The van der Waals surface area contributed by atoms with Crippen molar-refractivity contribution in [2.24, 2.45) is 0 Å². The largest absolute Gasteiger partial charge is 0.465 e. The lowest BCUT2D eigenvalue weighted by Gasteiger charge is -2.05. The molecule has 3 rings (SSSR count). The molecule has 24 heavy (non-hydrogen) atoms. The molecule has 0 aliphatic carbocycles. The van der Waals surface area contributed by atoms with Crippen molar-refractivity contribution in [3.8, 4) is 5.82 Å². The van der Waals surface area contributed by atoms with E-state index in [1.165, 1.54) is 18.4 Å². The Kier molecular flexibility index (Phi) is 4.34. The van der Waals surface area contributed by atoms with Crippen LogP contribution in [0.25, 0.3) is 5.82 Å². The normalized spacial score (nSPS) is 10.4. The molecule has 3 heterocycles. The predicted molar refractivity (Wildman–Crippen MR) is 87.5 cm³/mol. The minimum atomic E-state index is -0.495. The molecule has 3 aromatic heterocycles. The van der Waals surface area contributed by atoms with E-state index in [4.69, 9.17) is 4.74 Å². The number of thiophene rings is 1. The molecule has 0 fully saturated rings. The second-order valence-electron chi connectivity index (χ2n) is 4.79. The van der Waals surface area contributed by atoms with E-state index in [1.54, 1.807) is 41.5 Å². The highest BCUT2D eigenvalue weighted by molar-refractivity contribution is 7.14. The number of nitrogens with one attached hydrogen (secondary N) is 1. The van der Waals surface area contributed by atoms with E-state index >= 15 is 0 Å². The van der Waals surface area contributed by atoms with Crippen LogP contribution >= 0.6 is 11.3 Å². The van der Waals surface area contributed by atoms with Crippen molar-refractivity contribution < 1.29 is 14.3 Å². The number of methoxy groups -OCH3 is 1. The Bertz CT molecular complexity index is 871. The van der Waals surface area contributed by atoms with Gasteiger partial charge in [-0.3, -0.25) is 9.36 Å². The summed E-state index contributed by atoms with van der Waals surface area (Å²) in [4.78, 5) is 29.2. The molecule has 0 saturated carbocycles. The van der Waals surface area contributed by atoms with Gasteiger partial charge in [0.05, 0.1) is 12.8 Å². The molecule has 8 nitrogen and oxygen atoms in total. The molecule has 0 radical (unpaired) electrons. The Morgan fingerprint density at radius 2 is 2.12 bits per heavy atom. The Morgan fingerprint density at radius 1 is 1.29 bits per heavy atom. The molecular weight excluding hydrogens is 330 g/mol. The Labute approximate surface area is 141 Å². The van der Waals surface area contributed by atoms with E-state index in [0.717, 1.165) is 4.88 Å². The minimum Gasteiger partial charge on any atom is -0.465 e. The fraction of sp³-hybridized carbons (Fsp3) is 0.133. The summed E-state index contributed by atoms with van der Waals surface area (Å²) in [7, 11) is 1.29. The van der Waals surface area contributed by atoms with E-state index in [1.807, 2.05) is 6.92 Å². The summed E-state index contributed by atoms with van der Waals surface area (Å²) < 4.78 is 6.39. The summed E-state index contributed by atoms with van der Waals surface area (Å²) in [5, 5.41) is 10.6. The molecular formula is C15H13N5O3S. The number of imidazole rings is 1. The van der Waals surface area contributed by atoms with E-state index < -0.39 is 11.9 Å². The second kappa shape index (κ2) is 6.59. The number of hydrogen-bond donors (Lipinski definition) is 1. The van der Waals surface area contributed by atoms with Crippen LogP contribution in [0.15, 0.2) is 36.9 Å². The van der Waals surface area contributed by atoms with Gasteiger partial charge in [0.1, 0.15) is 11.2 Å². The van der Waals surface area contributed by atoms with Crippen molar-refractivity contribution in [3.63, 3.8) is 0 Å². The van der Waals surface area contributed by atoms with Gasteiger partial charge in [-0.2, -0.15) is 0 Å². The molecule has 0 aliphatic rings. The topological polar surface area (TPSA) is 99.0 Å². The zero-order valence-electron chi connectivity index (χ0n) is 12.9. The Balaban J connectivity index is 1.79. The fourth-order valence-corrected chi connectivity index (χ4v) is 2.90. The van der Waals surface area contributed by atoms with Gasteiger partial charge in [-0.25, -0.2) is 9.78 Å². The molecule has 0 bridgehead atoms. The fourth-order valence-electron chi connectivity index (χ4n) is 2.02. The van der Waals surface area contributed by atoms with Gasteiger partial charge in [-0.15, -0.1) is 21.5 Å². The lowest BCUT2D eigenvalue weighted by atomic mass is 10.3. The van der Waals surface area contributed by atoms with Crippen LogP contribution in [-0.4, -0.2) is 38.7 Å². The zero-order valence-corrected chi connectivity index (χ0v) is 13.7.